The lowest BCUT2D eigenvalue weighted by Crippen LogP contribution is -2.01. The van der Waals surface area contributed by atoms with E-state index in [1.165, 1.54) is 6.42 Å². The highest BCUT2D eigenvalue weighted by molar-refractivity contribution is 5.95. The van der Waals surface area contributed by atoms with E-state index in [2.05, 4.69) is 53.5 Å². The van der Waals surface area contributed by atoms with E-state index in [4.69, 9.17) is 0 Å². The van der Waals surface area contributed by atoms with Gasteiger partial charge in [-0.15, -0.1) is 0 Å². The maximum atomic E-state index is 10.6. The summed E-state index contributed by atoms with van der Waals surface area (Å²) in [4.78, 5) is 17.9. The summed E-state index contributed by atoms with van der Waals surface area (Å²) in [5.41, 5.74) is 1.50. The van der Waals surface area contributed by atoms with Gasteiger partial charge in [-0.05, 0) is 38.5 Å². The SMILES string of the molecule is CC.CCC.CCNC.CNC.O=Cc1cnc(-c2cccc3ccccc23)[nH]1. The molecule has 29 heavy (non-hydrogen) atoms. The Labute approximate surface area is 177 Å². The van der Waals surface area contributed by atoms with Crippen LogP contribution in [0.1, 0.15) is 51.5 Å². The van der Waals surface area contributed by atoms with Gasteiger partial charge in [0, 0.05) is 5.56 Å². The van der Waals surface area contributed by atoms with Crippen LogP contribution in [-0.2, 0) is 0 Å². The maximum absolute atomic E-state index is 10.6. The van der Waals surface area contributed by atoms with Crippen molar-refractivity contribution in [2.24, 2.45) is 0 Å². The Hall–Kier alpha value is -2.50. The lowest BCUT2D eigenvalue weighted by molar-refractivity contribution is 0.111. The van der Waals surface area contributed by atoms with Crippen LogP contribution in [0.25, 0.3) is 22.2 Å². The fraction of sp³-hybridized carbons (Fsp3) is 0.417. The van der Waals surface area contributed by atoms with Crippen molar-refractivity contribution >= 4 is 17.1 Å². The van der Waals surface area contributed by atoms with E-state index in [-0.39, 0.29) is 0 Å². The molecule has 0 saturated carbocycles. The molecular weight excluding hydrogens is 360 g/mol. The Kier molecular flexibility index (Phi) is 20.0. The molecule has 0 saturated heterocycles. The summed E-state index contributed by atoms with van der Waals surface area (Å²) in [5.74, 6) is 0.726. The fourth-order valence-electron chi connectivity index (χ4n) is 1.96. The number of aldehydes is 1. The number of carbonyl (C=O) groups is 1. The average Bonchev–Trinajstić information content (AvgIpc) is 3.25. The highest BCUT2D eigenvalue weighted by Crippen LogP contribution is 2.26. The molecule has 0 unspecified atom stereocenters. The zero-order valence-corrected chi connectivity index (χ0v) is 19.5. The van der Waals surface area contributed by atoms with Crippen molar-refractivity contribution in [2.45, 2.75) is 41.0 Å². The van der Waals surface area contributed by atoms with Crippen molar-refractivity contribution in [1.29, 1.82) is 0 Å². The smallest absolute Gasteiger partial charge is 0.167 e. The van der Waals surface area contributed by atoms with Gasteiger partial charge in [0.25, 0.3) is 0 Å². The van der Waals surface area contributed by atoms with Crippen molar-refractivity contribution < 1.29 is 4.79 Å². The molecule has 1 aromatic heterocycles. The van der Waals surface area contributed by atoms with Gasteiger partial charge in [-0.3, -0.25) is 4.79 Å². The van der Waals surface area contributed by atoms with Crippen LogP contribution in [0.15, 0.2) is 48.7 Å². The minimum atomic E-state index is 0.493. The van der Waals surface area contributed by atoms with Crippen LogP contribution in [-0.4, -0.2) is 43.9 Å². The molecule has 0 atom stereocenters. The van der Waals surface area contributed by atoms with E-state index in [0.29, 0.717) is 5.69 Å². The van der Waals surface area contributed by atoms with E-state index < -0.39 is 0 Å². The normalized spacial score (nSPS) is 8.69. The van der Waals surface area contributed by atoms with Gasteiger partial charge in [0.2, 0.25) is 0 Å². The van der Waals surface area contributed by atoms with Crippen LogP contribution in [0.5, 0.6) is 0 Å². The van der Waals surface area contributed by atoms with Gasteiger partial charge in [-0.25, -0.2) is 4.98 Å². The summed E-state index contributed by atoms with van der Waals surface area (Å²) in [7, 11) is 5.68. The first-order chi connectivity index (χ1) is 14.1. The lowest BCUT2D eigenvalue weighted by Gasteiger charge is -2.03. The average molecular weight is 401 g/mol. The van der Waals surface area contributed by atoms with Gasteiger partial charge in [0.1, 0.15) is 5.82 Å². The minimum Gasteiger partial charge on any atom is -0.336 e. The number of benzene rings is 2. The quantitative estimate of drug-likeness (QED) is 0.504. The third-order valence-corrected chi connectivity index (χ3v) is 3.12. The second-order valence-corrected chi connectivity index (χ2v) is 5.75. The van der Waals surface area contributed by atoms with Crippen LogP contribution in [0.2, 0.25) is 0 Å². The Morgan fingerprint density at radius 1 is 0.966 bits per heavy atom. The van der Waals surface area contributed by atoms with Crippen molar-refractivity contribution in [3.05, 3.63) is 54.4 Å². The third kappa shape index (κ3) is 11.8. The molecule has 0 fully saturated rings. The molecule has 0 radical (unpaired) electrons. The number of H-pyrrole nitrogens is 1. The number of aromatic amines is 1. The molecule has 162 valence electrons. The summed E-state index contributed by atoms with van der Waals surface area (Å²) in [6.45, 7) is 11.4. The van der Waals surface area contributed by atoms with Crippen molar-refractivity contribution in [3.8, 4) is 11.4 Å². The molecule has 0 bridgehead atoms. The van der Waals surface area contributed by atoms with Crippen molar-refractivity contribution in [2.75, 3.05) is 27.7 Å². The summed E-state index contributed by atoms with van der Waals surface area (Å²) in [6, 6.07) is 14.1. The molecule has 3 N–H and O–H groups in total. The van der Waals surface area contributed by atoms with Gasteiger partial charge in [-0.2, -0.15) is 0 Å². The van der Waals surface area contributed by atoms with Crippen LogP contribution >= 0.6 is 0 Å². The molecular formula is C24H40N4O. The number of fused-ring (bicyclic) bond motifs is 1. The lowest BCUT2D eigenvalue weighted by atomic mass is 10.0. The monoisotopic (exact) mass is 400 g/mol. The van der Waals surface area contributed by atoms with E-state index in [0.717, 1.165) is 35.0 Å². The molecule has 3 aromatic rings. The van der Waals surface area contributed by atoms with Gasteiger partial charge in [0.05, 0.1) is 11.9 Å². The predicted octanol–water partition coefficient (Wildman–Crippen LogP) is 5.55. The Balaban J connectivity index is 0. The number of nitrogens with zero attached hydrogens (tertiary/aromatic N) is 1. The van der Waals surface area contributed by atoms with Gasteiger partial charge in [-0.1, -0.05) is 83.5 Å². The highest BCUT2D eigenvalue weighted by atomic mass is 16.1. The number of aromatic nitrogens is 2. The second kappa shape index (κ2) is 20.2. The molecule has 2 aromatic carbocycles. The molecule has 0 aliphatic rings. The number of hydrogen-bond donors (Lipinski definition) is 3. The first kappa shape index (κ1) is 28.7. The predicted molar refractivity (Wildman–Crippen MR) is 129 cm³/mol. The van der Waals surface area contributed by atoms with Gasteiger partial charge in [0.15, 0.2) is 6.29 Å². The third-order valence-electron chi connectivity index (χ3n) is 3.12. The Morgan fingerprint density at radius 3 is 1.97 bits per heavy atom. The molecule has 3 rings (SSSR count). The molecule has 5 nitrogen and oxygen atoms in total. The van der Waals surface area contributed by atoms with Crippen LogP contribution in [0, 0.1) is 0 Å². The topological polar surface area (TPSA) is 69.8 Å². The number of imidazole rings is 1. The van der Waals surface area contributed by atoms with Crippen LogP contribution < -0.4 is 10.6 Å². The van der Waals surface area contributed by atoms with Crippen molar-refractivity contribution in [3.63, 3.8) is 0 Å². The molecule has 0 amide bonds. The molecule has 0 spiro atoms. The molecule has 0 aliphatic carbocycles. The zero-order valence-electron chi connectivity index (χ0n) is 19.5. The largest absolute Gasteiger partial charge is 0.336 e. The Morgan fingerprint density at radius 2 is 1.48 bits per heavy atom. The Bertz CT molecular complexity index is 744. The number of nitrogens with one attached hydrogen (secondary N) is 3. The maximum Gasteiger partial charge on any atom is 0.167 e. The molecule has 5 heteroatoms. The van der Waals surface area contributed by atoms with E-state index in [1.807, 2.05) is 65.3 Å². The minimum absolute atomic E-state index is 0.493. The van der Waals surface area contributed by atoms with Crippen molar-refractivity contribution in [1.82, 2.24) is 20.6 Å². The highest BCUT2D eigenvalue weighted by Gasteiger charge is 2.06. The fourth-order valence-corrected chi connectivity index (χ4v) is 1.96. The van der Waals surface area contributed by atoms with Crippen LogP contribution in [0.3, 0.4) is 0 Å². The molecule has 1 heterocycles. The molecule has 0 aliphatic heterocycles. The first-order valence-corrected chi connectivity index (χ1v) is 10.3. The van der Waals surface area contributed by atoms with Crippen LogP contribution in [0.4, 0.5) is 0 Å². The summed E-state index contributed by atoms with van der Waals surface area (Å²) in [6.07, 6.45) is 3.56. The zero-order chi connectivity index (χ0) is 22.5. The standard InChI is InChI=1S/C14H10N2O.C3H9N.C3H8.C2H7N.C2H6/c17-9-11-8-15-14(16-11)13-7-3-5-10-4-1-2-6-12(10)13;1-3-4-2;2*1-3-2;1-2/h1-9H,(H,15,16);4H,3H2,1-2H3;3H2,1-2H3;3H,1-2H3;1-2H3. The van der Waals surface area contributed by atoms with Gasteiger partial charge >= 0.3 is 0 Å². The summed E-state index contributed by atoms with van der Waals surface area (Å²) >= 11 is 0. The second-order valence-electron chi connectivity index (χ2n) is 5.75. The number of rotatable bonds is 3. The number of hydrogen-bond acceptors (Lipinski definition) is 4. The summed E-state index contributed by atoms with van der Waals surface area (Å²) in [5, 5.41) is 7.97. The first-order valence-electron chi connectivity index (χ1n) is 10.3. The van der Waals surface area contributed by atoms with E-state index in [1.54, 1.807) is 6.20 Å². The summed E-state index contributed by atoms with van der Waals surface area (Å²) < 4.78 is 0. The number of carbonyl (C=O) groups excluding carboxylic acids is 1. The van der Waals surface area contributed by atoms with Gasteiger partial charge < -0.3 is 15.6 Å². The van der Waals surface area contributed by atoms with E-state index in [9.17, 15) is 4.79 Å². The van der Waals surface area contributed by atoms with E-state index >= 15 is 0 Å².